The van der Waals surface area contributed by atoms with Gasteiger partial charge in [0.15, 0.2) is 0 Å². The summed E-state index contributed by atoms with van der Waals surface area (Å²) in [5.41, 5.74) is -0.604. The van der Waals surface area contributed by atoms with E-state index in [-0.39, 0.29) is 35.4 Å². The van der Waals surface area contributed by atoms with Crippen LogP contribution in [0, 0.1) is 11.8 Å². The molecule has 0 bridgehead atoms. The van der Waals surface area contributed by atoms with Crippen LogP contribution in [0.1, 0.15) is 50.9 Å². The van der Waals surface area contributed by atoms with Crippen LogP contribution in [0.25, 0.3) is 0 Å². The number of hydrogen-bond donors (Lipinski definition) is 4. The van der Waals surface area contributed by atoms with Crippen LogP contribution in [0.4, 0.5) is 0 Å². The molecule has 0 radical (unpaired) electrons. The molecule has 31 heavy (non-hydrogen) atoms. The molecule has 1 aromatic rings. The molecule has 1 heterocycles. The quantitative estimate of drug-likeness (QED) is 0.412. The molecule has 0 saturated heterocycles. The molecule has 2 unspecified atom stereocenters. The van der Waals surface area contributed by atoms with Crippen LogP contribution in [0.5, 0.6) is 0 Å². The van der Waals surface area contributed by atoms with Gasteiger partial charge in [0, 0.05) is 17.4 Å². The van der Waals surface area contributed by atoms with E-state index in [9.17, 15) is 19.6 Å². The highest BCUT2D eigenvalue weighted by molar-refractivity contribution is 6.43. The van der Waals surface area contributed by atoms with Gasteiger partial charge >= 0.3 is 7.12 Å². The highest BCUT2D eigenvalue weighted by Crippen LogP contribution is 2.32. The molecule has 1 aliphatic rings. The van der Waals surface area contributed by atoms with Gasteiger partial charge in [-0.15, -0.1) is 0 Å². The first-order valence-corrected chi connectivity index (χ1v) is 10.9. The maximum absolute atomic E-state index is 13.0. The molecule has 0 aliphatic carbocycles. The fourth-order valence-corrected chi connectivity index (χ4v) is 3.68. The van der Waals surface area contributed by atoms with Crippen molar-refractivity contribution in [1.29, 1.82) is 0 Å². The van der Waals surface area contributed by atoms with E-state index in [0.717, 1.165) is 0 Å². The van der Waals surface area contributed by atoms with Gasteiger partial charge in [0.1, 0.15) is 0 Å². The van der Waals surface area contributed by atoms with Gasteiger partial charge in [-0.2, -0.15) is 0 Å². The lowest BCUT2D eigenvalue weighted by Gasteiger charge is -2.31. The van der Waals surface area contributed by atoms with Gasteiger partial charge in [-0.1, -0.05) is 56.1 Å². The molecule has 2 atom stereocenters. The van der Waals surface area contributed by atoms with E-state index in [2.05, 4.69) is 15.8 Å². The maximum Gasteiger partial charge on any atom is 0.475 e. The second-order valence-corrected chi connectivity index (χ2v) is 9.24. The number of amides is 2. The number of benzene rings is 1. The number of nitrogens with one attached hydrogen (secondary N) is 2. The van der Waals surface area contributed by atoms with E-state index in [0.29, 0.717) is 17.2 Å². The monoisotopic (exact) mass is 471 g/mol. The molecule has 170 valence electrons. The lowest BCUT2D eigenvalue weighted by molar-refractivity contribution is -0.150. The molecule has 0 spiro atoms. The molecular weight excluding hydrogens is 444 g/mol. The summed E-state index contributed by atoms with van der Waals surface area (Å²) >= 11 is 12.0. The summed E-state index contributed by atoms with van der Waals surface area (Å²) in [6, 6.07) is 4.58. The van der Waals surface area contributed by atoms with Crippen LogP contribution in [0.3, 0.4) is 0 Å². The van der Waals surface area contributed by atoms with Crippen LogP contribution >= 0.6 is 23.2 Å². The van der Waals surface area contributed by atoms with Crippen LogP contribution in [0.2, 0.25) is 10.0 Å². The summed E-state index contributed by atoms with van der Waals surface area (Å²) < 4.78 is 0. The number of hydrogen-bond acceptors (Lipinski definition) is 6. The number of carbonyl (C=O) groups is 2. The van der Waals surface area contributed by atoms with Crippen molar-refractivity contribution in [1.82, 2.24) is 10.6 Å². The van der Waals surface area contributed by atoms with Crippen molar-refractivity contribution in [3.05, 3.63) is 33.8 Å². The highest BCUT2D eigenvalue weighted by Gasteiger charge is 2.50. The van der Waals surface area contributed by atoms with Crippen molar-refractivity contribution in [3.8, 4) is 0 Å². The van der Waals surface area contributed by atoms with E-state index < -0.39 is 30.5 Å². The average Bonchev–Trinajstić information content (AvgIpc) is 3.13. The summed E-state index contributed by atoms with van der Waals surface area (Å²) in [5, 5.41) is 29.3. The number of halogens is 2. The number of nitrogens with zero attached hydrogens (tertiary/aromatic N) is 1. The normalized spacial score (nSPS) is 19.1. The molecule has 4 N–H and O–H groups in total. The van der Waals surface area contributed by atoms with E-state index in [1.807, 2.05) is 27.7 Å². The second kappa shape index (κ2) is 10.7. The van der Waals surface area contributed by atoms with E-state index in [1.54, 1.807) is 6.07 Å². The third-order valence-corrected chi connectivity index (χ3v) is 5.71. The SMILES string of the molecule is CC(C)CC(NC(=O)C1(C(C)C)CC(CNC(=O)c2cc(Cl)ccc2Cl)=NO1)B(O)O. The lowest BCUT2D eigenvalue weighted by atomic mass is 9.74. The second-order valence-electron chi connectivity index (χ2n) is 8.40. The van der Waals surface area contributed by atoms with Crippen LogP contribution in [0.15, 0.2) is 23.4 Å². The number of carbonyl (C=O) groups excluding carboxylic acids is 2. The summed E-state index contributed by atoms with van der Waals surface area (Å²) in [5.74, 6) is -1.86. The molecule has 0 saturated carbocycles. The summed E-state index contributed by atoms with van der Waals surface area (Å²) in [4.78, 5) is 31.0. The van der Waals surface area contributed by atoms with Gasteiger partial charge in [-0.25, -0.2) is 0 Å². The standard InChI is InChI=1S/C20H28BCl2N3O5/c1-11(2)7-17(21(29)30)25-19(28)20(12(3)4)9-14(26-31-20)10-24-18(27)15-8-13(22)5-6-16(15)23/h5-6,8,11-12,17,29-30H,7,9-10H2,1-4H3,(H,24,27)(H,25,28). The van der Waals surface area contributed by atoms with Crippen molar-refractivity contribution in [3.63, 3.8) is 0 Å². The molecule has 8 nitrogen and oxygen atoms in total. The molecular formula is C20H28BCl2N3O5. The summed E-state index contributed by atoms with van der Waals surface area (Å²) in [6.07, 6.45) is 0.539. The Kier molecular flexibility index (Phi) is 8.77. The highest BCUT2D eigenvalue weighted by atomic mass is 35.5. The van der Waals surface area contributed by atoms with Gasteiger partial charge in [0.2, 0.25) is 5.60 Å². The topological polar surface area (TPSA) is 120 Å². The molecule has 2 rings (SSSR count). The van der Waals surface area contributed by atoms with Crippen LogP contribution < -0.4 is 10.6 Å². The van der Waals surface area contributed by atoms with Crippen LogP contribution in [-0.4, -0.2) is 52.8 Å². The van der Waals surface area contributed by atoms with Gasteiger partial charge < -0.3 is 25.5 Å². The van der Waals surface area contributed by atoms with Gasteiger partial charge in [-0.3, -0.25) is 9.59 Å². The lowest BCUT2D eigenvalue weighted by Crippen LogP contribution is -2.57. The Morgan fingerprint density at radius 2 is 1.94 bits per heavy atom. The minimum absolute atomic E-state index is 0.0570. The zero-order chi connectivity index (χ0) is 23.3. The van der Waals surface area contributed by atoms with Crippen molar-refractivity contribution < 1.29 is 24.5 Å². The number of rotatable bonds is 9. The maximum atomic E-state index is 13.0. The summed E-state index contributed by atoms with van der Waals surface area (Å²) in [6.45, 7) is 7.52. The fourth-order valence-electron chi connectivity index (χ4n) is 3.30. The predicted octanol–water partition coefficient (Wildman–Crippen LogP) is 2.44. The molecule has 2 amide bonds. The van der Waals surface area contributed by atoms with Crippen molar-refractivity contribution in [2.75, 3.05) is 6.54 Å². The minimum atomic E-state index is -1.70. The first-order chi connectivity index (χ1) is 14.5. The average molecular weight is 472 g/mol. The largest absolute Gasteiger partial charge is 0.475 e. The molecule has 0 fully saturated rings. The van der Waals surface area contributed by atoms with Crippen LogP contribution in [-0.2, 0) is 9.63 Å². The zero-order valence-corrected chi connectivity index (χ0v) is 19.5. The predicted molar refractivity (Wildman–Crippen MR) is 121 cm³/mol. The molecule has 1 aromatic carbocycles. The van der Waals surface area contributed by atoms with Gasteiger partial charge in [0.05, 0.1) is 28.8 Å². The smallest absolute Gasteiger partial charge is 0.426 e. The van der Waals surface area contributed by atoms with Crippen molar-refractivity contribution in [2.45, 2.75) is 52.1 Å². The van der Waals surface area contributed by atoms with Crippen molar-refractivity contribution in [2.24, 2.45) is 17.0 Å². The Labute approximate surface area is 192 Å². The molecule has 0 aromatic heterocycles. The van der Waals surface area contributed by atoms with E-state index in [1.165, 1.54) is 12.1 Å². The fraction of sp³-hybridized carbons (Fsp3) is 0.550. The number of oxime groups is 1. The zero-order valence-electron chi connectivity index (χ0n) is 18.0. The third-order valence-electron chi connectivity index (χ3n) is 5.15. The summed E-state index contributed by atoms with van der Waals surface area (Å²) in [7, 11) is -1.70. The third kappa shape index (κ3) is 6.35. The van der Waals surface area contributed by atoms with E-state index >= 15 is 0 Å². The Morgan fingerprint density at radius 3 is 2.52 bits per heavy atom. The molecule has 1 aliphatic heterocycles. The van der Waals surface area contributed by atoms with Gasteiger partial charge in [0.25, 0.3) is 11.8 Å². The Hall–Kier alpha value is -1.81. The van der Waals surface area contributed by atoms with E-state index in [4.69, 9.17) is 28.0 Å². The first kappa shape index (κ1) is 25.5. The minimum Gasteiger partial charge on any atom is -0.426 e. The molecule has 11 heteroatoms. The Balaban J connectivity index is 2.05. The Bertz CT molecular complexity index is 850. The van der Waals surface area contributed by atoms with Gasteiger partial charge in [-0.05, 0) is 30.5 Å². The van der Waals surface area contributed by atoms with Crippen molar-refractivity contribution >= 4 is 47.8 Å². The first-order valence-electron chi connectivity index (χ1n) is 10.1. The Morgan fingerprint density at radius 1 is 1.26 bits per heavy atom.